The summed E-state index contributed by atoms with van der Waals surface area (Å²) in [5.74, 6) is -0.206. The largest absolute Gasteiger partial charge is 0.386 e. The van der Waals surface area contributed by atoms with Gasteiger partial charge in [-0.05, 0) is 48.4 Å². The Kier molecular flexibility index (Phi) is 5.13. The van der Waals surface area contributed by atoms with Crippen LogP contribution in [0.3, 0.4) is 0 Å². The first-order valence-electron chi connectivity index (χ1n) is 9.32. The fourth-order valence-corrected chi connectivity index (χ4v) is 4.55. The molecule has 8 heteroatoms. The number of amides is 2. The minimum atomic E-state index is -0.597. The van der Waals surface area contributed by atoms with Crippen molar-refractivity contribution in [2.45, 2.75) is 38.3 Å². The molecule has 0 aliphatic carbocycles. The maximum Gasteiger partial charge on any atom is 0.269 e. The molecule has 4 rings (SSSR count). The normalized spacial score (nSPS) is 21.3. The second-order valence-corrected chi connectivity index (χ2v) is 8.21. The number of aromatic nitrogens is 1. The molecule has 0 saturated carbocycles. The Labute approximate surface area is 167 Å². The van der Waals surface area contributed by atoms with Gasteiger partial charge in [0.25, 0.3) is 11.8 Å². The molecular formula is C20H22N4O3S. The predicted molar refractivity (Wildman–Crippen MR) is 106 cm³/mol. The predicted octanol–water partition coefficient (Wildman–Crippen LogP) is 2.52. The summed E-state index contributed by atoms with van der Waals surface area (Å²) < 4.78 is 0. The number of nitrogens with one attached hydrogen (secondary N) is 1. The van der Waals surface area contributed by atoms with Crippen LogP contribution in [0.15, 0.2) is 41.1 Å². The molecule has 2 amide bonds. The first-order chi connectivity index (χ1) is 13.6. The van der Waals surface area contributed by atoms with E-state index >= 15 is 0 Å². The van der Waals surface area contributed by atoms with Crippen LogP contribution in [0.1, 0.15) is 40.1 Å². The van der Waals surface area contributed by atoms with Crippen LogP contribution in [-0.2, 0) is 16.2 Å². The summed E-state index contributed by atoms with van der Waals surface area (Å²) in [7, 11) is 0. The molecule has 0 radical (unpaired) electrons. The minimum Gasteiger partial charge on any atom is -0.386 e. The summed E-state index contributed by atoms with van der Waals surface area (Å²) in [5.41, 5.74) is 1.70. The molecule has 7 nitrogen and oxygen atoms in total. The summed E-state index contributed by atoms with van der Waals surface area (Å²) in [4.78, 5) is 37.7. The molecule has 1 spiro atoms. The standard InChI is InChI=1S/C20H22N4O3S/c1-14-5-9-28-17(14)19(26)24-8-3-6-20(13-24)10-16(23-27-20)18(25)22-12-15-4-2-7-21-11-15/h2,4-5,7,9,11H,3,6,8,10,12-13H2,1H3,(H,22,25). The number of likely N-dealkylation sites (tertiary alicyclic amines) is 1. The van der Waals surface area contributed by atoms with Gasteiger partial charge < -0.3 is 15.1 Å². The fraction of sp³-hybridized carbons (Fsp3) is 0.400. The van der Waals surface area contributed by atoms with Crippen LogP contribution < -0.4 is 5.32 Å². The van der Waals surface area contributed by atoms with E-state index in [0.29, 0.717) is 31.8 Å². The number of carbonyl (C=O) groups is 2. The molecule has 4 heterocycles. The van der Waals surface area contributed by atoms with Gasteiger partial charge in [0.15, 0.2) is 5.60 Å². The van der Waals surface area contributed by atoms with Crippen LogP contribution in [0, 0.1) is 6.92 Å². The van der Waals surface area contributed by atoms with E-state index in [1.165, 1.54) is 11.3 Å². The zero-order valence-corrected chi connectivity index (χ0v) is 16.5. The summed E-state index contributed by atoms with van der Waals surface area (Å²) in [6.07, 6.45) is 5.43. The molecule has 0 aromatic carbocycles. The summed E-state index contributed by atoms with van der Waals surface area (Å²) in [5, 5.41) is 8.84. The second kappa shape index (κ2) is 7.71. The highest BCUT2D eigenvalue weighted by molar-refractivity contribution is 7.12. The molecule has 2 aromatic rings. The molecule has 1 saturated heterocycles. The second-order valence-electron chi connectivity index (χ2n) is 7.30. The van der Waals surface area contributed by atoms with Crippen molar-refractivity contribution >= 4 is 28.9 Å². The Morgan fingerprint density at radius 2 is 2.29 bits per heavy atom. The van der Waals surface area contributed by atoms with Crippen molar-refractivity contribution < 1.29 is 14.4 Å². The van der Waals surface area contributed by atoms with E-state index in [2.05, 4.69) is 15.5 Å². The molecule has 2 aliphatic rings. The summed E-state index contributed by atoms with van der Waals surface area (Å²) in [6.45, 7) is 3.49. The summed E-state index contributed by atoms with van der Waals surface area (Å²) >= 11 is 1.46. The Balaban J connectivity index is 1.37. The van der Waals surface area contributed by atoms with E-state index in [9.17, 15) is 9.59 Å². The zero-order valence-electron chi connectivity index (χ0n) is 15.7. The lowest BCUT2D eigenvalue weighted by Crippen LogP contribution is -2.51. The number of hydrogen-bond donors (Lipinski definition) is 1. The van der Waals surface area contributed by atoms with E-state index in [0.717, 1.165) is 28.8 Å². The van der Waals surface area contributed by atoms with Gasteiger partial charge >= 0.3 is 0 Å². The molecular weight excluding hydrogens is 376 g/mol. The number of nitrogens with zero attached hydrogens (tertiary/aromatic N) is 3. The van der Waals surface area contributed by atoms with Gasteiger partial charge in [-0.25, -0.2) is 0 Å². The third-order valence-electron chi connectivity index (χ3n) is 5.16. The van der Waals surface area contributed by atoms with Gasteiger partial charge in [-0.3, -0.25) is 14.6 Å². The number of carbonyl (C=O) groups excluding carboxylic acids is 2. The van der Waals surface area contributed by atoms with E-state index in [1.807, 2.05) is 35.4 Å². The average Bonchev–Trinajstić information content (AvgIpc) is 3.33. The lowest BCUT2D eigenvalue weighted by Gasteiger charge is -2.38. The van der Waals surface area contributed by atoms with Crippen molar-refractivity contribution in [3.8, 4) is 0 Å². The van der Waals surface area contributed by atoms with Crippen LogP contribution in [0.2, 0.25) is 0 Å². The van der Waals surface area contributed by atoms with Gasteiger partial charge in [-0.2, -0.15) is 0 Å². The fourth-order valence-electron chi connectivity index (χ4n) is 3.66. The molecule has 2 aliphatic heterocycles. The van der Waals surface area contributed by atoms with Gasteiger partial charge in [0.1, 0.15) is 5.71 Å². The molecule has 1 fully saturated rings. The highest BCUT2D eigenvalue weighted by Gasteiger charge is 2.45. The highest BCUT2D eigenvalue weighted by atomic mass is 32.1. The van der Waals surface area contributed by atoms with Gasteiger partial charge in [-0.1, -0.05) is 11.2 Å². The lowest BCUT2D eigenvalue weighted by atomic mass is 9.88. The Hall–Kier alpha value is -2.74. The molecule has 146 valence electrons. The number of piperidine rings is 1. The molecule has 0 bridgehead atoms. The third-order valence-corrected chi connectivity index (χ3v) is 6.16. The first-order valence-corrected chi connectivity index (χ1v) is 10.2. The Morgan fingerprint density at radius 1 is 1.39 bits per heavy atom. The topological polar surface area (TPSA) is 83.9 Å². The van der Waals surface area contributed by atoms with Gasteiger partial charge in [0.05, 0.1) is 11.4 Å². The van der Waals surface area contributed by atoms with Crippen molar-refractivity contribution in [1.29, 1.82) is 0 Å². The highest BCUT2D eigenvalue weighted by Crippen LogP contribution is 2.34. The number of hydrogen-bond acceptors (Lipinski definition) is 6. The maximum absolute atomic E-state index is 12.9. The van der Waals surface area contributed by atoms with Crippen LogP contribution in [0.4, 0.5) is 0 Å². The van der Waals surface area contributed by atoms with Gasteiger partial charge in [-0.15, -0.1) is 11.3 Å². The zero-order chi connectivity index (χ0) is 19.6. The minimum absolute atomic E-state index is 0.0321. The number of rotatable bonds is 4. The van der Waals surface area contributed by atoms with E-state index in [1.54, 1.807) is 12.4 Å². The number of oxime groups is 1. The Morgan fingerprint density at radius 3 is 3.04 bits per heavy atom. The van der Waals surface area contributed by atoms with Crippen molar-refractivity contribution in [1.82, 2.24) is 15.2 Å². The number of thiophene rings is 1. The van der Waals surface area contributed by atoms with E-state index < -0.39 is 5.60 Å². The first kappa shape index (κ1) is 18.6. The molecule has 1 atom stereocenters. The third kappa shape index (κ3) is 3.77. The maximum atomic E-state index is 12.9. The van der Waals surface area contributed by atoms with E-state index in [-0.39, 0.29) is 11.8 Å². The van der Waals surface area contributed by atoms with Crippen molar-refractivity contribution in [3.05, 3.63) is 52.0 Å². The molecule has 28 heavy (non-hydrogen) atoms. The van der Waals surface area contributed by atoms with Gasteiger partial charge in [0, 0.05) is 31.9 Å². The van der Waals surface area contributed by atoms with Gasteiger partial charge in [0.2, 0.25) is 0 Å². The van der Waals surface area contributed by atoms with Crippen molar-refractivity contribution in [3.63, 3.8) is 0 Å². The van der Waals surface area contributed by atoms with Crippen LogP contribution in [-0.4, -0.2) is 46.1 Å². The summed E-state index contributed by atoms with van der Waals surface area (Å²) in [6, 6.07) is 5.69. The van der Waals surface area contributed by atoms with E-state index in [4.69, 9.17) is 4.84 Å². The number of aryl methyl sites for hydroxylation is 1. The monoisotopic (exact) mass is 398 g/mol. The van der Waals surface area contributed by atoms with Crippen LogP contribution >= 0.6 is 11.3 Å². The van der Waals surface area contributed by atoms with Crippen LogP contribution in [0.5, 0.6) is 0 Å². The smallest absolute Gasteiger partial charge is 0.269 e. The van der Waals surface area contributed by atoms with Crippen LogP contribution in [0.25, 0.3) is 0 Å². The number of pyridine rings is 1. The average molecular weight is 398 g/mol. The van der Waals surface area contributed by atoms with Crippen molar-refractivity contribution in [2.75, 3.05) is 13.1 Å². The molecule has 1 unspecified atom stereocenters. The quantitative estimate of drug-likeness (QED) is 0.858. The molecule has 2 aromatic heterocycles. The van der Waals surface area contributed by atoms with Crippen molar-refractivity contribution in [2.24, 2.45) is 5.16 Å². The SMILES string of the molecule is Cc1ccsc1C(=O)N1CCCC2(CC(C(=O)NCc3cccnc3)=NO2)C1. The lowest BCUT2D eigenvalue weighted by molar-refractivity contribution is -0.115. The molecule has 1 N–H and O–H groups in total. The Bertz CT molecular complexity index is 911.